The molecule has 3 aromatic heterocycles. The van der Waals surface area contributed by atoms with Crippen molar-refractivity contribution in [3.8, 4) is 0 Å². The zero-order chi connectivity index (χ0) is 19.1. The zero-order valence-electron chi connectivity index (χ0n) is 15.3. The number of rotatable bonds is 4. The van der Waals surface area contributed by atoms with Crippen LogP contribution in [0.1, 0.15) is 54.4 Å². The van der Waals surface area contributed by atoms with Crippen molar-refractivity contribution in [1.29, 1.82) is 0 Å². The van der Waals surface area contributed by atoms with Crippen LogP contribution in [0.25, 0.3) is 11.1 Å². The highest BCUT2D eigenvalue weighted by Crippen LogP contribution is 2.35. The molecule has 3 aromatic rings. The van der Waals surface area contributed by atoms with E-state index in [0.717, 1.165) is 35.2 Å². The minimum absolute atomic E-state index is 0.236. The van der Waals surface area contributed by atoms with Gasteiger partial charge in [-0.15, -0.1) is 5.10 Å². The van der Waals surface area contributed by atoms with Crippen LogP contribution in [0.4, 0.5) is 5.82 Å². The number of aliphatic carboxylic acids is 1. The van der Waals surface area contributed by atoms with Crippen molar-refractivity contribution >= 4 is 22.9 Å². The summed E-state index contributed by atoms with van der Waals surface area (Å²) >= 11 is 0. The van der Waals surface area contributed by atoms with E-state index in [0.29, 0.717) is 36.7 Å². The number of anilines is 1. The first-order chi connectivity index (χ1) is 12.9. The molecule has 3 N–H and O–H groups in total. The Bertz CT molecular complexity index is 1000. The first kappa shape index (κ1) is 17.4. The first-order valence-electron chi connectivity index (χ1n) is 9.07. The van der Waals surface area contributed by atoms with Crippen LogP contribution in [-0.4, -0.2) is 36.0 Å². The molecule has 9 heteroatoms. The van der Waals surface area contributed by atoms with E-state index in [1.165, 1.54) is 0 Å². The topological polar surface area (TPSA) is 133 Å². The van der Waals surface area contributed by atoms with Crippen LogP contribution in [-0.2, 0) is 11.3 Å². The molecule has 0 amide bonds. The van der Waals surface area contributed by atoms with Crippen LogP contribution in [0.2, 0.25) is 0 Å². The van der Waals surface area contributed by atoms with Gasteiger partial charge in [-0.1, -0.05) is 5.21 Å². The van der Waals surface area contributed by atoms with Crippen LogP contribution in [0.5, 0.6) is 0 Å². The number of carboxylic acid groups (broad SMARTS) is 1. The molecule has 0 bridgehead atoms. The summed E-state index contributed by atoms with van der Waals surface area (Å²) < 4.78 is 7.35. The number of furan rings is 1. The fraction of sp³-hybridized carbons (Fsp3) is 0.500. The number of hydrogen-bond donors (Lipinski definition) is 2. The summed E-state index contributed by atoms with van der Waals surface area (Å²) in [4.78, 5) is 19.9. The van der Waals surface area contributed by atoms with Crippen molar-refractivity contribution in [2.24, 2.45) is 5.92 Å². The van der Waals surface area contributed by atoms with Gasteiger partial charge < -0.3 is 15.3 Å². The van der Waals surface area contributed by atoms with Gasteiger partial charge in [0.1, 0.15) is 18.1 Å². The maximum atomic E-state index is 11.1. The van der Waals surface area contributed by atoms with Crippen LogP contribution in [0.15, 0.2) is 10.6 Å². The molecule has 1 aliphatic carbocycles. The fourth-order valence-corrected chi connectivity index (χ4v) is 3.76. The maximum absolute atomic E-state index is 11.1. The molecule has 9 nitrogen and oxygen atoms in total. The molecule has 0 aliphatic heterocycles. The summed E-state index contributed by atoms with van der Waals surface area (Å²) in [5, 5.41) is 18.3. The molecule has 4 rings (SSSR count). The number of nitrogens with two attached hydrogens (primary N) is 1. The van der Waals surface area contributed by atoms with Gasteiger partial charge in [0, 0.05) is 17.7 Å². The van der Waals surface area contributed by atoms with Crippen LogP contribution >= 0.6 is 0 Å². The van der Waals surface area contributed by atoms with Gasteiger partial charge in [0.2, 0.25) is 5.71 Å². The highest BCUT2D eigenvalue weighted by atomic mass is 16.4. The number of carbonyl (C=O) groups is 1. The predicted octanol–water partition coefficient (Wildman–Crippen LogP) is 2.42. The van der Waals surface area contributed by atoms with E-state index >= 15 is 0 Å². The smallest absolute Gasteiger partial charge is 0.306 e. The van der Waals surface area contributed by atoms with E-state index < -0.39 is 5.97 Å². The molecule has 0 aromatic carbocycles. The normalized spacial score (nSPS) is 20.2. The Balaban J connectivity index is 1.50. The molecule has 0 atom stereocenters. The summed E-state index contributed by atoms with van der Waals surface area (Å²) in [7, 11) is 0. The number of nitrogens with zero attached hydrogens (tertiary/aromatic N) is 5. The molecule has 27 heavy (non-hydrogen) atoms. The van der Waals surface area contributed by atoms with Crippen molar-refractivity contribution in [1.82, 2.24) is 25.0 Å². The fourth-order valence-electron chi connectivity index (χ4n) is 3.76. The summed E-state index contributed by atoms with van der Waals surface area (Å²) in [5.74, 6) is 1.00. The minimum Gasteiger partial charge on any atom is -0.481 e. The summed E-state index contributed by atoms with van der Waals surface area (Å²) in [6.45, 7) is 4.15. The molecule has 1 aliphatic rings. The molecule has 1 saturated carbocycles. The van der Waals surface area contributed by atoms with Gasteiger partial charge in [0.15, 0.2) is 5.82 Å². The Morgan fingerprint density at radius 1 is 1.30 bits per heavy atom. The molecule has 0 saturated heterocycles. The second kappa shape index (κ2) is 6.64. The molecule has 0 radical (unpaired) electrons. The third-order valence-electron chi connectivity index (χ3n) is 5.46. The number of nitrogen functional groups attached to an aromatic ring is 1. The quantitative estimate of drug-likeness (QED) is 0.715. The second-order valence-electron chi connectivity index (χ2n) is 7.22. The lowest BCUT2D eigenvalue weighted by Gasteiger charge is -2.24. The number of hydrogen-bond acceptors (Lipinski definition) is 7. The molecule has 1 fully saturated rings. The standard InChI is InChI=1S/C18H22N6O3/c1-9-10(2)27-17-15(9)16(19)20-14(21-17)8-24-7-13(22-23-24)11-3-5-12(6-4-11)18(25)26/h7,11-12H,3-6,8H2,1-2H3,(H,25,26)(H2,19,20,21). The summed E-state index contributed by atoms with van der Waals surface area (Å²) in [6, 6.07) is 0. The number of aromatic nitrogens is 5. The lowest BCUT2D eigenvalue weighted by Crippen LogP contribution is -2.20. The third-order valence-corrected chi connectivity index (χ3v) is 5.46. The highest BCUT2D eigenvalue weighted by molar-refractivity contribution is 5.88. The number of aryl methyl sites for hydroxylation is 2. The van der Waals surface area contributed by atoms with Crippen LogP contribution in [0, 0.1) is 19.8 Å². The second-order valence-corrected chi connectivity index (χ2v) is 7.22. The van der Waals surface area contributed by atoms with Crippen molar-refractivity contribution in [2.75, 3.05) is 5.73 Å². The van der Waals surface area contributed by atoms with E-state index in [1.807, 2.05) is 20.0 Å². The third kappa shape index (κ3) is 3.24. The Morgan fingerprint density at radius 3 is 2.74 bits per heavy atom. The molecular formula is C18H22N6O3. The SMILES string of the molecule is Cc1oc2nc(Cn3cc(C4CCC(C(=O)O)CC4)nn3)nc(N)c2c1C. The van der Waals surface area contributed by atoms with Gasteiger partial charge in [-0.2, -0.15) is 4.98 Å². The zero-order valence-corrected chi connectivity index (χ0v) is 15.3. The van der Waals surface area contributed by atoms with Crippen LogP contribution in [0.3, 0.4) is 0 Å². The Labute approximate surface area is 155 Å². The van der Waals surface area contributed by atoms with E-state index in [4.69, 9.17) is 15.3 Å². The molecule has 142 valence electrons. The summed E-state index contributed by atoms with van der Waals surface area (Å²) in [5.41, 5.74) is 8.41. The van der Waals surface area contributed by atoms with E-state index in [1.54, 1.807) is 4.68 Å². The van der Waals surface area contributed by atoms with Crippen LogP contribution < -0.4 is 5.73 Å². The molecule has 0 unspecified atom stereocenters. The van der Waals surface area contributed by atoms with E-state index in [-0.39, 0.29) is 11.8 Å². The van der Waals surface area contributed by atoms with Gasteiger partial charge in [-0.3, -0.25) is 4.79 Å². The van der Waals surface area contributed by atoms with Gasteiger partial charge in [-0.05, 0) is 39.5 Å². The average molecular weight is 370 g/mol. The monoisotopic (exact) mass is 370 g/mol. The molecule has 0 spiro atoms. The van der Waals surface area contributed by atoms with Crippen molar-refractivity contribution in [3.63, 3.8) is 0 Å². The Hall–Kier alpha value is -2.97. The molecule has 3 heterocycles. The minimum atomic E-state index is -0.703. The summed E-state index contributed by atoms with van der Waals surface area (Å²) in [6.07, 6.45) is 4.88. The number of fused-ring (bicyclic) bond motifs is 1. The Kier molecular flexibility index (Phi) is 4.29. The van der Waals surface area contributed by atoms with Crippen molar-refractivity contribution in [3.05, 3.63) is 29.0 Å². The lowest BCUT2D eigenvalue weighted by molar-refractivity contribution is -0.142. The molecular weight excluding hydrogens is 348 g/mol. The van der Waals surface area contributed by atoms with E-state index in [9.17, 15) is 4.79 Å². The van der Waals surface area contributed by atoms with Gasteiger partial charge in [0.05, 0.1) is 17.0 Å². The average Bonchev–Trinajstić information content (AvgIpc) is 3.20. The van der Waals surface area contributed by atoms with Crippen molar-refractivity contribution in [2.45, 2.75) is 52.0 Å². The van der Waals surface area contributed by atoms with Crippen molar-refractivity contribution < 1.29 is 14.3 Å². The predicted molar refractivity (Wildman–Crippen MR) is 97.1 cm³/mol. The van der Waals surface area contributed by atoms with E-state index in [2.05, 4.69) is 20.3 Å². The van der Waals surface area contributed by atoms with Gasteiger partial charge in [-0.25, -0.2) is 9.67 Å². The Morgan fingerprint density at radius 2 is 2.04 bits per heavy atom. The largest absolute Gasteiger partial charge is 0.481 e. The first-order valence-corrected chi connectivity index (χ1v) is 9.07. The maximum Gasteiger partial charge on any atom is 0.306 e. The van der Waals surface area contributed by atoms with Gasteiger partial charge >= 0.3 is 5.97 Å². The lowest BCUT2D eigenvalue weighted by atomic mass is 9.81. The number of carboxylic acids is 1. The highest BCUT2D eigenvalue weighted by Gasteiger charge is 2.28. The van der Waals surface area contributed by atoms with Gasteiger partial charge in [0.25, 0.3) is 0 Å².